The zero-order valence-electron chi connectivity index (χ0n) is 11.0. The van der Waals surface area contributed by atoms with Crippen LogP contribution in [-0.4, -0.2) is 48.4 Å². The van der Waals surface area contributed by atoms with Crippen molar-refractivity contribution in [2.24, 2.45) is 0 Å². The number of ether oxygens (including phenoxy) is 1. The van der Waals surface area contributed by atoms with Gasteiger partial charge in [0, 0.05) is 25.9 Å². The number of amides is 1. The molecule has 0 saturated carbocycles. The van der Waals surface area contributed by atoms with Crippen LogP contribution in [0.3, 0.4) is 0 Å². The molecule has 1 aromatic rings. The minimum Gasteiger partial charge on any atom is -0.506 e. The highest BCUT2D eigenvalue weighted by Gasteiger charge is 2.47. The van der Waals surface area contributed by atoms with Crippen LogP contribution in [0.2, 0.25) is 0 Å². The summed E-state index contributed by atoms with van der Waals surface area (Å²) in [6, 6.07) is 6.88. The van der Waals surface area contributed by atoms with Gasteiger partial charge in [0.1, 0.15) is 11.4 Å². The molecule has 1 aromatic carbocycles. The lowest BCUT2D eigenvalue weighted by atomic mass is 9.91. The molecule has 0 radical (unpaired) electrons. The van der Waals surface area contributed by atoms with E-state index in [-0.39, 0.29) is 17.4 Å². The number of rotatable bonds is 1. The molecule has 2 aliphatic rings. The second-order valence-electron chi connectivity index (χ2n) is 5.43. The number of likely N-dealkylation sites (tertiary alicyclic amines) is 1. The molecule has 2 saturated heterocycles. The zero-order chi connectivity index (χ0) is 13.5. The summed E-state index contributed by atoms with van der Waals surface area (Å²) in [5.74, 6) is 0.115. The molecule has 19 heavy (non-hydrogen) atoms. The Kier molecular flexibility index (Phi) is 2.86. The Morgan fingerprint density at radius 3 is 2.63 bits per heavy atom. The van der Waals surface area contributed by atoms with Crippen LogP contribution in [0.5, 0.6) is 5.75 Å². The Labute approximate surface area is 112 Å². The average molecular weight is 262 g/mol. The number of piperidine rings is 1. The molecule has 2 fully saturated rings. The van der Waals surface area contributed by atoms with E-state index >= 15 is 0 Å². The van der Waals surface area contributed by atoms with Gasteiger partial charge in [-0.15, -0.1) is 0 Å². The first-order valence-electron chi connectivity index (χ1n) is 6.57. The molecule has 2 aliphatic heterocycles. The van der Waals surface area contributed by atoms with Crippen molar-refractivity contribution in [2.75, 3.05) is 31.6 Å². The third-order valence-corrected chi connectivity index (χ3v) is 4.04. The summed E-state index contributed by atoms with van der Waals surface area (Å²) in [5.41, 5.74) is 0.148. The van der Waals surface area contributed by atoms with Crippen molar-refractivity contribution in [2.45, 2.75) is 18.4 Å². The van der Waals surface area contributed by atoms with Gasteiger partial charge in [0.2, 0.25) is 0 Å². The quantitative estimate of drug-likeness (QED) is 0.838. The van der Waals surface area contributed by atoms with Crippen molar-refractivity contribution in [1.29, 1.82) is 0 Å². The van der Waals surface area contributed by atoms with E-state index in [0.29, 0.717) is 12.2 Å². The fraction of sp³-hybridized carbons (Fsp3) is 0.500. The SMILES string of the molecule is CN1CCC2(CC1)CN(c1ccccc1O)C(=O)O2. The normalized spacial score (nSPS) is 22.8. The van der Waals surface area contributed by atoms with Gasteiger partial charge in [-0.25, -0.2) is 4.79 Å². The van der Waals surface area contributed by atoms with Crippen molar-refractivity contribution in [3.63, 3.8) is 0 Å². The Morgan fingerprint density at radius 1 is 1.26 bits per heavy atom. The maximum Gasteiger partial charge on any atom is 0.415 e. The number of hydrogen-bond acceptors (Lipinski definition) is 4. The number of phenolic OH excluding ortho intramolecular Hbond substituents is 1. The summed E-state index contributed by atoms with van der Waals surface area (Å²) in [5, 5.41) is 9.86. The van der Waals surface area contributed by atoms with Gasteiger partial charge in [-0.05, 0) is 19.2 Å². The molecule has 3 rings (SSSR count). The predicted molar refractivity (Wildman–Crippen MR) is 71.4 cm³/mol. The summed E-state index contributed by atoms with van der Waals surface area (Å²) >= 11 is 0. The number of aromatic hydroxyl groups is 1. The first kappa shape index (κ1) is 12.3. The molecule has 1 spiro atoms. The van der Waals surface area contributed by atoms with Crippen molar-refractivity contribution in [3.05, 3.63) is 24.3 Å². The van der Waals surface area contributed by atoms with Crippen molar-refractivity contribution >= 4 is 11.8 Å². The van der Waals surface area contributed by atoms with Crippen LogP contribution < -0.4 is 4.90 Å². The number of hydrogen-bond donors (Lipinski definition) is 1. The van der Waals surface area contributed by atoms with Crippen LogP contribution in [0.1, 0.15) is 12.8 Å². The lowest BCUT2D eigenvalue weighted by Gasteiger charge is -2.35. The molecule has 0 aliphatic carbocycles. The van der Waals surface area contributed by atoms with Gasteiger partial charge < -0.3 is 14.7 Å². The zero-order valence-corrected chi connectivity index (χ0v) is 11.0. The molecular weight excluding hydrogens is 244 g/mol. The van der Waals surface area contributed by atoms with Gasteiger partial charge in [-0.1, -0.05) is 12.1 Å². The first-order chi connectivity index (χ1) is 9.10. The number of carbonyl (C=O) groups is 1. The Morgan fingerprint density at radius 2 is 1.95 bits per heavy atom. The van der Waals surface area contributed by atoms with Crippen LogP contribution in [-0.2, 0) is 4.74 Å². The fourth-order valence-electron chi connectivity index (χ4n) is 2.79. The molecule has 5 nitrogen and oxygen atoms in total. The standard InChI is InChI=1S/C14H18N2O3/c1-15-8-6-14(7-9-15)10-16(13(18)19-14)11-4-2-3-5-12(11)17/h2-5,17H,6-10H2,1H3. The Bertz CT molecular complexity index is 495. The minimum atomic E-state index is -0.383. The molecule has 5 heteroatoms. The van der Waals surface area contributed by atoms with Gasteiger partial charge in [0.05, 0.1) is 12.2 Å². The second kappa shape index (κ2) is 4.42. The van der Waals surface area contributed by atoms with E-state index < -0.39 is 0 Å². The molecule has 0 atom stereocenters. The first-order valence-corrected chi connectivity index (χ1v) is 6.57. The molecule has 102 valence electrons. The van der Waals surface area contributed by atoms with E-state index in [9.17, 15) is 9.90 Å². The number of carbonyl (C=O) groups excluding carboxylic acids is 1. The minimum absolute atomic E-state index is 0.115. The number of nitrogens with zero attached hydrogens (tertiary/aromatic N) is 2. The summed E-state index contributed by atoms with van der Waals surface area (Å²) < 4.78 is 5.61. The van der Waals surface area contributed by atoms with Crippen LogP contribution in [0.15, 0.2) is 24.3 Å². The van der Waals surface area contributed by atoms with Crippen LogP contribution >= 0.6 is 0 Å². The summed E-state index contributed by atoms with van der Waals surface area (Å²) in [6.07, 6.45) is 1.34. The number of para-hydroxylation sites is 2. The highest BCUT2D eigenvalue weighted by atomic mass is 16.6. The van der Waals surface area contributed by atoms with Crippen molar-refractivity contribution < 1.29 is 14.6 Å². The Hall–Kier alpha value is -1.75. The number of phenols is 1. The highest BCUT2D eigenvalue weighted by molar-refractivity contribution is 5.92. The third kappa shape index (κ3) is 2.14. The van der Waals surface area contributed by atoms with Gasteiger partial charge in [0.25, 0.3) is 0 Å². The van der Waals surface area contributed by atoms with E-state index in [0.717, 1.165) is 25.9 Å². The van der Waals surface area contributed by atoms with Crippen LogP contribution in [0.25, 0.3) is 0 Å². The van der Waals surface area contributed by atoms with E-state index in [1.54, 1.807) is 23.1 Å². The molecule has 0 bridgehead atoms. The van der Waals surface area contributed by atoms with Crippen molar-refractivity contribution in [3.8, 4) is 5.75 Å². The number of benzene rings is 1. The van der Waals surface area contributed by atoms with E-state index in [2.05, 4.69) is 11.9 Å². The van der Waals surface area contributed by atoms with Gasteiger partial charge in [-0.3, -0.25) is 4.90 Å². The Balaban J connectivity index is 1.83. The summed E-state index contributed by atoms with van der Waals surface area (Å²) in [7, 11) is 2.07. The third-order valence-electron chi connectivity index (χ3n) is 4.04. The van der Waals surface area contributed by atoms with Crippen molar-refractivity contribution in [1.82, 2.24) is 4.90 Å². The fourth-order valence-corrected chi connectivity index (χ4v) is 2.79. The average Bonchev–Trinajstić information content (AvgIpc) is 2.71. The largest absolute Gasteiger partial charge is 0.506 e. The lowest BCUT2D eigenvalue weighted by Crippen LogP contribution is -2.45. The van der Waals surface area contributed by atoms with E-state index in [1.165, 1.54) is 0 Å². The molecule has 0 aromatic heterocycles. The summed E-state index contributed by atoms with van der Waals surface area (Å²) in [4.78, 5) is 15.8. The van der Waals surface area contributed by atoms with E-state index in [1.807, 2.05) is 6.07 Å². The van der Waals surface area contributed by atoms with Gasteiger partial charge in [0.15, 0.2) is 0 Å². The monoisotopic (exact) mass is 262 g/mol. The maximum atomic E-state index is 12.1. The molecule has 1 N–H and O–H groups in total. The topological polar surface area (TPSA) is 53.0 Å². The molecule has 1 amide bonds. The second-order valence-corrected chi connectivity index (χ2v) is 5.43. The predicted octanol–water partition coefficient (Wildman–Crippen LogP) is 1.81. The van der Waals surface area contributed by atoms with Crippen LogP contribution in [0, 0.1) is 0 Å². The maximum absolute atomic E-state index is 12.1. The summed E-state index contributed by atoms with van der Waals surface area (Å²) in [6.45, 7) is 2.39. The lowest BCUT2D eigenvalue weighted by molar-refractivity contribution is 0.00678. The molecular formula is C14H18N2O3. The number of anilines is 1. The van der Waals surface area contributed by atoms with Gasteiger partial charge >= 0.3 is 6.09 Å². The smallest absolute Gasteiger partial charge is 0.415 e. The van der Waals surface area contributed by atoms with Gasteiger partial charge in [-0.2, -0.15) is 0 Å². The highest BCUT2D eigenvalue weighted by Crippen LogP contribution is 2.38. The van der Waals surface area contributed by atoms with E-state index in [4.69, 9.17) is 4.74 Å². The molecule has 2 heterocycles. The molecule has 0 unspecified atom stereocenters. The van der Waals surface area contributed by atoms with Crippen LogP contribution in [0.4, 0.5) is 10.5 Å².